The largest absolute Gasteiger partial charge is 0.444 e. The molecule has 3 heterocycles. The Morgan fingerprint density at radius 2 is 1.64 bits per heavy atom. The predicted octanol–water partition coefficient (Wildman–Crippen LogP) is 1.90. The fourth-order valence-corrected chi connectivity index (χ4v) is 5.45. The molecule has 3 aliphatic heterocycles. The van der Waals surface area contributed by atoms with Gasteiger partial charge in [0, 0.05) is 19.5 Å². The quantitative estimate of drug-likeness (QED) is 0.277. The Hall–Kier alpha value is -3.35. The number of imide groups is 2. The summed E-state index contributed by atoms with van der Waals surface area (Å²) < 4.78 is 16.3. The molecule has 42 heavy (non-hydrogen) atoms. The van der Waals surface area contributed by atoms with Crippen LogP contribution < -0.4 is 10.6 Å². The van der Waals surface area contributed by atoms with Crippen LogP contribution in [0.1, 0.15) is 72.7 Å². The Morgan fingerprint density at radius 1 is 0.952 bits per heavy atom. The highest BCUT2D eigenvalue weighted by Gasteiger charge is 2.44. The van der Waals surface area contributed by atoms with Crippen LogP contribution in [0.3, 0.4) is 0 Å². The van der Waals surface area contributed by atoms with Gasteiger partial charge in [-0.3, -0.25) is 29.4 Å². The molecule has 1 unspecified atom stereocenters. The summed E-state index contributed by atoms with van der Waals surface area (Å²) in [4.78, 5) is 64.7. The number of benzene rings is 1. The van der Waals surface area contributed by atoms with Crippen LogP contribution in [0.4, 0.5) is 4.79 Å². The van der Waals surface area contributed by atoms with Crippen molar-refractivity contribution in [3.05, 3.63) is 34.9 Å². The minimum Gasteiger partial charge on any atom is -0.444 e. The molecule has 2 saturated heterocycles. The first-order valence-electron chi connectivity index (χ1n) is 14.7. The van der Waals surface area contributed by atoms with Crippen molar-refractivity contribution in [2.75, 3.05) is 52.6 Å². The minimum absolute atomic E-state index is 0.102. The molecule has 1 atom stereocenters. The number of piperidine rings is 2. The van der Waals surface area contributed by atoms with E-state index in [4.69, 9.17) is 14.2 Å². The lowest BCUT2D eigenvalue weighted by Gasteiger charge is -2.32. The van der Waals surface area contributed by atoms with E-state index in [1.54, 1.807) is 12.1 Å². The number of likely N-dealkylation sites (tertiary alicyclic amines) is 1. The van der Waals surface area contributed by atoms with Gasteiger partial charge in [0.15, 0.2) is 0 Å². The number of nitrogens with one attached hydrogen (secondary N) is 2. The molecule has 3 aliphatic rings. The number of rotatable bonds is 12. The molecule has 12 heteroatoms. The standard InChI is InChI=1S/C30H42N4O8/c1-30(2,3)42-29(39)31-10-14-40-16-17-41-15-13-33-11-8-20(9-12-33)18-21-4-5-22-23(19-21)28(38)34(27(22)37)24-6-7-25(35)32-26(24)36/h4-5,19-20,24H,6-18H2,1-3H3,(H,31,39)(H,32,35,36). The van der Waals surface area contributed by atoms with Crippen molar-refractivity contribution in [1.82, 2.24) is 20.4 Å². The maximum Gasteiger partial charge on any atom is 0.407 e. The summed E-state index contributed by atoms with van der Waals surface area (Å²) in [5.41, 5.74) is 1.13. The molecule has 0 spiro atoms. The highest BCUT2D eigenvalue weighted by molar-refractivity contribution is 6.23. The number of carbonyl (C=O) groups excluding carboxylic acids is 5. The van der Waals surface area contributed by atoms with Crippen LogP contribution in [0.15, 0.2) is 18.2 Å². The van der Waals surface area contributed by atoms with E-state index in [9.17, 15) is 24.0 Å². The van der Waals surface area contributed by atoms with Crippen molar-refractivity contribution in [3.63, 3.8) is 0 Å². The number of alkyl carbamates (subject to hydrolysis) is 1. The number of carbonyl (C=O) groups is 5. The molecule has 0 saturated carbocycles. The lowest BCUT2D eigenvalue weighted by atomic mass is 9.89. The molecule has 0 radical (unpaired) electrons. The molecule has 0 bridgehead atoms. The first-order chi connectivity index (χ1) is 20.0. The van der Waals surface area contributed by atoms with Gasteiger partial charge in [0.2, 0.25) is 11.8 Å². The second-order valence-corrected chi connectivity index (χ2v) is 12.0. The fraction of sp³-hybridized carbons (Fsp3) is 0.633. The summed E-state index contributed by atoms with van der Waals surface area (Å²) in [5.74, 6) is -1.46. The summed E-state index contributed by atoms with van der Waals surface area (Å²) in [7, 11) is 0. The van der Waals surface area contributed by atoms with Gasteiger partial charge >= 0.3 is 6.09 Å². The Bertz CT molecular complexity index is 1170. The number of hydrogen-bond acceptors (Lipinski definition) is 9. The predicted molar refractivity (Wildman–Crippen MR) is 152 cm³/mol. The summed E-state index contributed by atoms with van der Waals surface area (Å²) in [6, 6.07) is 4.42. The van der Waals surface area contributed by atoms with E-state index in [0.717, 1.165) is 49.4 Å². The van der Waals surface area contributed by atoms with Gasteiger partial charge in [-0.15, -0.1) is 0 Å². The second-order valence-electron chi connectivity index (χ2n) is 12.0. The second kappa shape index (κ2) is 14.2. The lowest BCUT2D eigenvalue weighted by molar-refractivity contribution is -0.136. The van der Waals surface area contributed by atoms with E-state index in [1.807, 2.05) is 26.8 Å². The van der Waals surface area contributed by atoms with E-state index in [0.29, 0.717) is 50.0 Å². The van der Waals surface area contributed by atoms with Gasteiger partial charge in [-0.2, -0.15) is 0 Å². The fourth-order valence-electron chi connectivity index (χ4n) is 5.45. The molecular weight excluding hydrogens is 544 g/mol. The number of ether oxygens (including phenoxy) is 3. The van der Waals surface area contributed by atoms with E-state index in [1.165, 1.54) is 0 Å². The third kappa shape index (κ3) is 8.59. The zero-order valence-electron chi connectivity index (χ0n) is 24.7. The summed E-state index contributed by atoms with van der Waals surface area (Å²) in [6.45, 7) is 10.6. The first kappa shape index (κ1) is 31.6. The van der Waals surface area contributed by atoms with Crippen LogP contribution in [0.25, 0.3) is 0 Å². The maximum absolute atomic E-state index is 13.1. The van der Waals surface area contributed by atoms with Crippen LogP contribution in [-0.2, 0) is 30.2 Å². The first-order valence-corrected chi connectivity index (χ1v) is 14.7. The van der Waals surface area contributed by atoms with Gasteiger partial charge in [0.25, 0.3) is 11.8 Å². The van der Waals surface area contributed by atoms with Gasteiger partial charge in [-0.25, -0.2) is 4.79 Å². The molecule has 12 nitrogen and oxygen atoms in total. The van der Waals surface area contributed by atoms with Crippen molar-refractivity contribution < 1.29 is 38.2 Å². The molecule has 2 N–H and O–H groups in total. The number of nitrogens with zero attached hydrogens (tertiary/aromatic N) is 2. The van der Waals surface area contributed by atoms with Gasteiger partial charge in [-0.1, -0.05) is 6.07 Å². The van der Waals surface area contributed by atoms with E-state index < -0.39 is 35.5 Å². The van der Waals surface area contributed by atoms with E-state index >= 15 is 0 Å². The van der Waals surface area contributed by atoms with Gasteiger partial charge in [0.1, 0.15) is 11.6 Å². The third-order valence-electron chi connectivity index (χ3n) is 7.57. The van der Waals surface area contributed by atoms with Crippen LogP contribution in [0.5, 0.6) is 0 Å². The van der Waals surface area contributed by atoms with Crippen molar-refractivity contribution in [1.29, 1.82) is 0 Å². The molecule has 2 fully saturated rings. The molecule has 5 amide bonds. The molecule has 1 aromatic rings. The summed E-state index contributed by atoms with van der Waals surface area (Å²) in [5, 5.41) is 4.87. The van der Waals surface area contributed by atoms with Gasteiger partial charge in [0.05, 0.1) is 37.6 Å². The number of hydrogen-bond donors (Lipinski definition) is 2. The number of fused-ring (bicyclic) bond motifs is 1. The topological polar surface area (TPSA) is 144 Å². The molecular formula is C30H42N4O8. The van der Waals surface area contributed by atoms with Crippen LogP contribution >= 0.6 is 0 Å². The van der Waals surface area contributed by atoms with Gasteiger partial charge in [-0.05, 0) is 83.2 Å². The van der Waals surface area contributed by atoms with E-state index in [2.05, 4.69) is 15.5 Å². The van der Waals surface area contributed by atoms with Crippen molar-refractivity contribution >= 4 is 29.7 Å². The zero-order chi connectivity index (χ0) is 30.3. The summed E-state index contributed by atoms with van der Waals surface area (Å²) >= 11 is 0. The normalized spacial score (nSPS) is 20.1. The van der Waals surface area contributed by atoms with E-state index in [-0.39, 0.29) is 18.7 Å². The Balaban J connectivity index is 1.10. The molecule has 230 valence electrons. The molecule has 4 rings (SSSR count). The number of amides is 5. The highest BCUT2D eigenvalue weighted by Crippen LogP contribution is 2.30. The van der Waals surface area contributed by atoms with Crippen LogP contribution in [0, 0.1) is 5.92 Å². The van der Waals surface area contributed by atoms with Crippen molar-refractivity contribution in [2.45, 2.75) is 64.5 Å². The highest BCUT2D eigenvalue weighted by atomic mass is 16.6. The SMILES string of the molecule is CC(C)(C)OC(=O)NCCOCCOCCN1CCC(Cc2ccc3c(c2)C(=O)N(C2CCC(=O)NC2=O)C3=O)CC1. The Morgan fingerprint density at radius 3 is 2.33 bits per heavy atom. The summed E-state index contributed by atoms with van der Waals surface area (Å²) in [6.07, 6.45) is 2.67. The minimum atomic E-state index is -0.951. The smallest absolute Gasteiger partial charge is 0.407 e. The maximum atomic E-state index is 13.1. The van der Waals surface area contributed by atoms with Gasteiger partial charge < -0.3 is 24.4 Å². The van der Waals surface area contributed by atoms with Crippen LogP contribution in [-0.4, -0.2) is 104 Å². The van der Waals surface area contributed by atoms with Crippen LogP contribution in [0.2, 0.25) is 0 Å². The van der Waals surface area contributed by atoms with Crippen molar-refractivity contribution in [3.8, 4) is 0 Å². The average molecular weight is 587 g/mol. The molecule has 0 aliphatic carbocycles. The Labute approximate surface area is 246 Å². The molecule has 0 aromatic heterocycles. The third-order valence-corrected chi connectivity index (χ3v) is 7.57. The average Bonchev–Trinajstić information content (AvgIpc) is 3.16. The Kier molecular flexibility index (Phi) is 10.7. The lowest BCUT2D eigenvalue weighted by Crippen LogP contribution is -2.54. The zero-order valence-corrected chi connectivity index (χ0v) is 24.7. The molecule has 1 aromatic carbocycles. The monoisotopic (exact) mass is 586 g/mol. The van der Waals surface area contributed by atoms with Crippen molar-refractivity contribution in [2.24, 2.45) is 5.92 Å².